The number of aryl methyl sites for hydroxylation is 1. The van der Waals surface area contributed by atoms with E-state index in [-0.39, 0.29) is 5.65 Å². The number of nitrogens with zero attached hydrogens (tertiary/aromatic N) is 7. The maximum atomic E-state index is 13.1. The maximum Gasteiger partial charge on any atom is 0.299 e. The van der Waals surface area contributed by atoms with E-state index in [1.807, 2.05) is 11.6 Å². The van der Waals surface area contributed by atoms with Gasteiger partial charge in [0.25, 0.3) is 6.43 Å². The molecule has 7 nitrogen and oxygen atoms in total. The van der Waals surface area contributed by atoms with Crippen molar-refractivity contribution >= 4 is 28.7 Å². The van der Waals surface area contributed by atoms with Crippen LogP contribution >= 0.6 is 23.1 Å². The topological polar surface area (TPSA) is 73.8 Å². The van der Waals surface area contributed by atoms with E-state index in [0.29, 0.717) is 10.2 Å². The minimum absolute atomic E-state index is 0.280. The average molecular weight is 448 g/mol. The Labute approximate surface area is 179 Å². The minimum Gasteiger partial charge on any atom is -0.304 e. The fourth-order valence-electron chi connectivity index (χ4n) is 3.75. The van der Waals surface area contributed by atoms with Crippen LogP contribution in [-0.4, -0.2) is 34.6 Å². The summed E-state index contributed by atoms with van der Waals surface area (Å²) < 4.78 is 29.2. The molecule has 1 atom stereocenters. The third-order valence-corrected chi connectivity index (χ3v) is 7.67. The van der Waals surface area contributed by atoms with Gasteiger partial charge in [-0.3, -0.25) is 0 Å². The highest BCUT2D eigenvalue weighted by atomic mass is 32.2. The molecule has 0 saturated heterocycles. The molecular weight excluding hydrogens is 428 g/mol. The Morgan fingerprint density at radius 1 is 1.23 bits per heavy atom. The van der Waals surface area contributed by atoms with Crippen molar-refractivity contribution in [3.63, 3.8) is 0 Å². The summed E-state index contributed by atoms with van der Waals surface area (Å²) in [4.78, 5) is 2.56. The van der Waals surface area contributed by atoms with E-state index in [1.54, 1.807) is 23.5 Å². The molecule has 1 unspecified atom stereocenters. The Bertz CT molecular complexity index is 1210. The smallest absolute Gasteiger partial charge is 0.299 e. The Hall–Kier alpha value is -2.40. The molecule has 0 saturated carbocycles. The van der Waals surface area contributed by atoms with Crippen LogP contribution < -0.4 is 0 Å². The molecule has 1 aliphatic rings. The van der Waals surface area contributed by atoms with Gasteiger partial charge in [0.15, 0.2) is 16.6 Å². The van der Waals surface area contributed by atoms with Crippen LogP contribution in [0.1, 0.15) is 42.5 Å². The van der Waals surface area contributed by atoms with E-state index in [2.05, 4.69) is 38.5 Å². The molecule has 0 spiro atoms. The maximum absolute atomic E-state index is 13.1. The highest BCUT2D eigenvalue weighted by Crippen LogP contribution is 2.38. The first-order valence-corrected chi connectivity index (χ1v) is 11.4. The van der Waals surface area contributed by atoms with E-state index in [4.69, 9.17) is 0 Å². The Balaban J connectivity index is 1.42. The molecule has 5 rings (SSSR count). The van der Waals surface area contributed by atoms with E-state index in [1.165, 1.54) is 35.0 Å². The molecule has 0 aromatic carbocycles. The van der Waals surface area contributed by atoms with Gasteiger partial charge in [-0.15, -0.1) is 31.7 Å². The normalized spacial score (nSPS) is 16.5. The first-order valence-electron chi connectivity index (χ1n) is 9.73. The fraction of sp³-hybridized carbons (Fsp3) is 0.421. The molecule has 4 heterocycles. The molecule has 0 bridgehead atoms. The summed E-state index contributed by atoms with van der Waals surface area (Å²) in [5.74, 6) is 1.10. The number of rotatable bonds is 5. The summed E-state index contributed by atoms with van der Waals surface area (Å²) in [6.45, 7) is 2.25. The van der Waals surface area contributed by atoms with E-state index in [9.17, 15) is 8.78 Å². The van der Waals surface area contributed by atoms with Crippen molar-refractivity contribution in [2.75, 3.05) is 0 Å². The summed E-state index contributed by atoms with van der Waals surface area (Å²) in [5, 5.41) is 21.3. The number of thiophene rings is 1. The highest BCUT2D eigenvalue weighted by molar-refractivity contribution is 7.99. The first kappa shape index (κ1) is 19.6. The molecule has 1 aliphatic carbocycles. The standard InChI is InChI=1S/C19H19F2N7S2/c1-3-10-4-5-12-11(8-10)9-13(29-12)17-23-25-19(27(17)2)30-15-7-6-14-22-24-18(16(20)21)28(14)26-15/h6-7,9-10,16H,3-5,8H2,1-2H3. The van der Waals surface area contributed by atoms with Crippen molar-refractivity contribution in [2.24, 2.45) is 13.0 Å². The summed E-state index contributed by atoms with van der Waals surface area (Å²) in [5.41, 5.74) is 1.72. The zero-order valence-corrected chi connectivity index (χ0v) is 18.1. The number of fused-ring (bicyclic) bond motifs is 2. The lowest BCUT2D eigenvalue weighted by atomic mass is 9.87. The number of alkyl halides is 2. The van der Waals surface area contributed by atoms with Gasteiger partial charge in [-0.05, 0) is 60.7 Å². The van der Waals surface area contributed by atoms with Crippen molar-refractivity contribution in [1.29, 1.82) is 0 Å². The number of hydrogen-bond donors (Lipinski definition) is 0. The van der Waals surface area contributed by atoms with Gasteiger partial charge in [-0.2, -0.15) is 9.61 Å². The second kappa shape index (κ2) is 7.69. The average Bonchev–Trinajstić information content (AvgIpc) is 3.44. The van der Waals surface area contributed by atoms with Crippen molar-refractivity contribution in [3.8, 4) is 10.7 Å². The summed E-state index contributed by atoms with van der Waals surface area (Å²) in [6.07, 6.45) is 1.99. The largest absolute Gasteiger partial charge is 0.304 e. The zero-order chi connectivity index (χ0) is 20.8. The molecule has 0 radical (unpaired) electrons. The quantitative estimate of drug-likeness (QED) is 0.446. The van der Waals surface area contributed by atoms with Crippen LogP contribution in [0.2, 0.25) is 0 Å². The molecule has 0 amide bonds. The molecule has 11 heteroatoms. The lowest BCUT2D eigenvalue weighted by Crippen LogP contribution is -2.10. The summed E-state index contributed by atoms with van der Waals surface area (Å²) in [7, 11) is 1.91. The first-order chi connectivity index (χ1) is 14.5. The predicted molar refractivity (Wildman–Crippen MR) is 110 cm³/mol. The molecule has 0 aliphatic heterocycles. The highest BCUT2D eigenvalue weighted by Gasteiger charge is 2.23. The van der Waals surface area contributed by atoms with Gasteiger partial charge in [0.05, 0.1) is 4.88 Å². The lowest BCUT2D eigenvalue weighted by Gasteiger charge is -2.19. The van der Waals surface area contributed by atoms with Gasteiger partial charge in [0, 0.05) is 11.9 Å². The molecule has 156 valence electrons. The summed E-state index contributed by atoms with van der Waals surface area (Å²) >= 11 is 3.06. The second-order valence-corrected chi connectivity index (χ2v) is 9.47. The van der Waals surface area contributed by atoms with Crippen LogP contribution in [-0.2, 0) is 19.9 Å². The van der Waals surface area contributed by atoms with Crippen molar-refractivity contribution in [2.45, 2.75) is 49.2 Å². The SMILES string of the molecule is CCC1CCc2sc(-c3nnc(Sc4ccc5nnc(C(F)F)n5n4)n3C)cc2C1. The van der Waals surface area contributed by atoms with Crippen LogP contribution in [0.25, 0.3) is 16.3 Å². The second-order valence-electron chi connectivity index (χ2n) is 7.34. The zero-order valence-electron chi connectivity index (χ0n) is 16.4. The number of hydrogen-bond acceptors (Lipinski definition) is 7. The Morgan fingerprint density at radius 3 is 2.90 bits per heavy atom. The van der Waals surface area contributed by atoms with Crippen LogP contribution in [0, 0.1) is 5.92 Å². The molecule has 0 fully saturated rings. The Morgan fingerprint density at radius 2 is 2.10 bits per heavy atom. The van der Waals surface area contributed by atoms with Gasteiger partial charge in [-0.1, -0.05) is 13.3 Å². The fourth-order valence-corrected chi connectivity index (χ4v) is 5.73. The van der Waals surface area contributed by atoms with Crippen molar-refractivity contribution in [1.82, 2.24) is 34.6 Å². The van der Waals surface area contributed by atoms with Gasteiger partial charge in [0.1, 0.15) is 5.03 Å². The van der Waals surface area contributed by atoms with Gasteiger partial charge < -0.3 is 4.57 Å². The number of halogens is 2. The van der Waals surface area contributed by atoms with Gasteiger partial charge >= 0.3 is 0 Å². The molecular formula is C19H19F2N7S2. The van der Waals surface area contributed by atoms with Gasteiger partial charge in [0.2, 0.25) is 5.82 Å². The van der Waals surface area contributed by atoms with Crippen LogP contribution in [0.5, 0.6) is 0 Å². The predicted octanol–water partition coefficient (Wildman–Crippen LogP) is 4.59. The molecule has 4 aromatic rings. The van der Waals surface area contributed by atoms with E-state index in [0.717, 1.165) is 34.0 Å². The van der Waals surface area contributed by atoms with Gasteiger partial charge in [-0.25, -0.2) is 8.78 Å². The minimum atomic E-state index is -2.74. The van der Waals surface area contributed by atoms with E-state index >= 15 is 0 Å². The van der Waals surface area contributed by atoms with Crippen LogP contribution in [0.15, 0.2) is 28.4 Å². The summed E-state index contributed by atoms with van der Waals surface area (Å²) in [6, 6.07) is 5.58. The molecule has 0 N–H and O–H groups in total. The third kappa shape index (κ3) is 3.39. The molecule has 30 heavy (non-hydrogen) atoms. The number of aromatic nitrogens is 7. The monoisotopic (exact) mass is 447 g/mol. The third-order valence-electron chi connectivity index (χ3n) is 5.47. The molecule has 4 aromatic heterocycles. The van der Waals surface area contributed by atoms with Crippen molar-refractivity contribution < 1.29 is 8.78 Å². The van der Waals surface area contributed by atoms with E-state index < -0.39 is 12.2 Å². The lowest BCUT2D eigenvalue weighted by molar-refractivity contribution is 0.137. The van der Waals surface area contributed by atoms with Crippen LogP contribution in [0.4, 0.5) is 8.78 Å². The Kier molecular flexibility index (Phi) is 5.02. The van der Waals surface area contributed by atoms with Crippen molar-refractivity contribution in [3.05, 3.63) is 34.5 Å². The van der Waals surface area contributed by atoms with Crippen LogP contribution in [0.3, 0.4) is 0 Å².